The van der Waals surface area contributed by atoms with Crippen molar-refractivity contribution < 1.29 is 48.5 Å². The first-order valence-electron chi connectivity index (χ1n) is 17.8. The summed E-state index contributed by atoms with van der Waals surface area (Å²) in [6.07, 6.45) is 5.76. The Hall–Kier alpha value is -3.66. The number of carbonyl (C=O) groups is 6. The molecule has 0 unspecified atom stereocenters. The van der Waals surface area contributed by atoms with Crippen LogP contribution in [-0.2, 0) is 28.7 Å². The summed E-state index contributed by atoms with van der Waals surface area (Å²) in [5.74, 6) is -1.61. The summed E-state index contributed by atoms with van der Waals surface area (Å²) in [5.41, 5.74) is -1.10. The zero-order valence-electron chi connectivity index (χ0n) is 31.3. The summed E-state index contributed by atoms with van der Waals surface area (Å²) in [4.78, 5) is 70.1. The normalized spacial score (nSPS) is 22.4. The highest BCUT2D eigenvalue weighted by atomic mass is 16.6. The summed E-state index contributed by atoms with van der Waals surface area (Å²) in [5, 5.41) is 28.8. The third-order valence-electron chi connectivity index (χ3n) is 7.79. The summed E-state index contributed by atoms with van der Waals surface area (Å²) < 4.78 is 10.4. The lowest BCUT2D eigenvalue weighted by Crippen LogP contribution is -2.47. The Morgan fingerprint density at radius 3 is 1.39 bits per heavy atom. The number of carboxylic acids is 2. The average Bonchev–Trinajstić information content (AvgIpc) is 3.84. The van der Waals surface area contributed by atoms with Crippen molar-refractivity contribution in [1.82, 2.24) is 31.1 Å². The smallest absolute Gasteiger partial charge is 0.411 e. The van der Waals surface area contributed by atoms with E-state index >= 15 is 0 Å². The van der Waals surface area contributed by atoms with Crippen LogP contribution >= 0.6 is 0 Å². The Balaban J connectivity index is 0.000000673. The molecular weight excluding hydrogens is 664 g/mol. The molecule has 0 spiro atoms. The minimum atomic E-state index is -0.960. The molecule has 4 fully saturated rings. The average molecular weight is 731 g/mol. The molecule has 4 aliphatic heterocycles. The number of amides is 4. The molecule has 0 aromatic heterocycles. The molecule has 0 saturated carbocycles. The van der Waals surface area contributed by atoms with Gasteiger partial charge in [-0.1, -0.05) is 7.43 Å². The van der Waals surface area contributed by atoms with E-state index in [1.54, 1.807) is 20.8 Å². The Morgan fingerprint density at radius 1 is 0.627 bits per heavy atom. The third kappa shape index (κ3) is 18.4. The van der Waals surface area contributed by atoms with Crippen LogP contribution in [0.5, 0.6) is 0 Å². The molecule has 4 saturated heterocycles. The first-order chi connectivity index (χ1) is 23.3. The summed E-state index contributed by atoms with van der Waals surface area (Å²) >= 11 is 0. The van der Waals surface area contributed by atoms with Gasteiger partial charge in [0.1, 0.15) is 29.3 Å². The van der Waals surface area contributed by atoms with Crippen LogP contribution < -0.4 is 21.3 Å². The Bertz CT molecular complexity index is 1110. The largest absolute Gasteiger partial charge is 0.480 e. The number of nitrogens with one attached hydrogen (secondary N) is 4. The van der Waals surface area contributed by atoms with E-state index in [4.69, 9.17) is 19.7 Å². The predicted molar refractivity (Wildman–Crippen MR) is 193 cm³/mol. The van der Waals surface area contributed by atoms with E-state index in [1.807, 2.05) is 34.6 Å². The fraction of sp³-hybridized carbons (Fsp3) is 0.829. The maximum atomic E-state index is 11.9. The number of carboxylic acid groups (broad SMARTS) is 2. The lowest BCUT2D eigenvalue weighted by molar-refractivity contribution is -0.142. The van der Waals surface area contributed by atoms with Gasteiger partial charge < -0.3 is 41.0 Å². The molecule has 4 atom stereocenters. The monoisotopic (exact) mass is 730 g/mol. The minimum Gasteiger partial charge on any atom is -0.480 e. The number of likely N-dealkylation sites (tertiary alicyclic amines) is 2. The standard InChI is InChI=1S/C12H22N2O3.C10H17NO4.C7H14N2O.C5H9NO2.CH4/c1-5-13-10(15)9-7-6-8-14(9)11(16)17-12(2,3)4;1-10(2,3)15-9(14)11-6-4-5-7(11)8(12)13;1-2-8-7(10)6-4-3-5-9-6;7-5(8)4-2-1-3-6-4;/h9H,5-8H2,1-4H3,(H,13,15);7H,4-6H2,1-3H3,(H,12,13);6,9H,2-5H2,1H3,(H,8,10);4,6H,1-3H2,(H,7,8);1H4/t9-;7-;6-;4-;/m1111./s1. The quantitative estimate of drug-likeness (QED) is 0.232. The topological polar surface area (TPSA) is 216 Å². The first-order valence-corrected chi connectivity index (χ1v) is 17.8. The second-order valence-electron chi connectivity index (χ2n) is 14.4. The van der Waals surface area contributed by atoms with Gasteiger partial charge in [0.2, 0.25) is 11.8 Å². The fourth-order valence-corrected chi connectivity index (χ4v) is 5.53. The fourth-order valence-electron chi connectivity index (χ4n) is 5.53. The van der Waals surface area contributed by atoms with Gasteiger partial charge >= 0.3 is 24.1 Å². The highest BCUT2D eigenvalue weighted by molar-refractivity contribution is 5.86. The number of likely N-dealkylation sites (N-methyl/N-ethyl adjacent to an activating group) is 2. The van der Waals surface area contributed by atoms with Gasteiger partial charge in [-0.15, -0.1) is 0 Å². The van der Waals surface area contributed by atoms with Crippen molar-refractivity contribution in [2.75, 3.05) is 39.3 Å². The van der Waals surface area contributed by atoms with E-state index < -0.39 is 41.4 Å². The van der Waals surface area contributed by atoms with Crippen LogP contribution in [0.4, 0.5) is 9.59 Å². The van der Waals surface area contributed by atoms with Gasteiger partial charge in [-0.05, 0) is 120 Å². The molecule has 0 aliphatic carbocycles. The van der Waals surface area contributed by atoms with Crippen LogP contribution in [0.1, 0.15) is 114 Å². The van der Waals surface area contributed by atoms with E-state index in [2.05, 4.69) is 21.3 Å². The minimum absolute atomic E-state index is 0. The number of hydrogen-bond donors (Lipinski definition) is 6. The van der Waals surface area contributed by atoms with Crippen molar-refractivity contribution in [1.29, 1.82) is 0 Å². The van der Waals surface area contributed by atoms with Gasteiger partial charge in [0.05, 0.1) is 6.04 Å². The van der Waals surface area contributed by atoms with Gasteiger partial charge in [0, 0.05) is 26.2 Å². The van der Waals surface area contributed by atoms with E-state index in [9.17, 15) is 28.8 Å². The Kier molecular flexibility index (Phi) is 21.4. The zero-order valence-corrected chi connectivity index (χ0v) is 31.3. The first kappa shape index (κ1) is 47.3. The third-order valence-corrected chi connectivity index (χ3v) is 7.79. The molecule has 4 heterocycles. The molecule has 16 nitrogen and oxygen atoms in total. The molecule has 4 aliphatic rings. The van der Waals surface area contributed by atoms with Gasteiger partial charge in [0.25, 0.3) is 0 Å². The van der Waals surface area contributed by atoms with Gasteiger partial charge in [-0.3, -0.25) is 24.2 Å². The van der Waals surface area contributed by atoms with Gasteiger partial charge in [-0.25, -0.2) is 14.4 Å². The van der Waals surface area contributed by atoms with Crippen molar-refractivity contribution in [3.05, 3.63) is 0 Å². The Labute approximate surface area is 304 Å². The molecular formula is C35H66N6O10. The van der Waals surface area contributed by atoms with Crippen LogP contribution in [0.15, 0.2) is 0 Å². The number of ether oxygens (including phenoxy) is 2. The van der Waals surface area contributed by atoms with Crippen LogP contribution in [-0.4, -0.2) is 131 Å². The van der Waals surface area contributed by atoms with Crippen molar-refractivity contribution in [3.63, 3.8) is 0 Å². The van der Waals surface area contributed by atoms with E-state index in [1.165, 1.54) is 9.80 Å². The van der Waals surface area contributed by atoms with Crippen LogP contribution in [0.2, 0.25) is 0 Å². The number of carbonyl (C=O) groups excluding carboxylic acids is 4. The summed E-state index contributed by atoms with van der Waals surface area (Å²) in [7, 11) is 0. The molecule has 0 aromatic carbocycles. The molecule has 16 heteroatoms. The van der Waals surface area contributed by atoms with Crippen molar-refractivity contribution in [3.8, 4) is 0 Å². The van der Waals surface area contributed by atoms with Gasteiger partial charge in [-0.2, -0.15) is 0 Å². The lowest BCUT2D eigenvalue weighted by atomic mass is 10.2. The number of nitrogens with zero attached hydrogens (tertiary/aromatic N) is 2. The molecule has 296 valence electrons. The molecule has 4 rings (SSSR count). The van der Waals surface area contributed by atoms with E-state index in [0.717, 1.165) is 58.2 Å². The van der Waals surface area contributed by atoms with Crippen LogP contribution in [0.3, 0.4) is 0 Å². The number of hydrogen-bond acceptors (Lipinski definition) is 10. The molecule has 0 radical (unpaired) electrons. The molecule has 0 bridgehead atoms. The predicted octanol–water partition coefficient (Wildman–Crippen LogP) is 3.33. The molecule has 6 N–H and O–H groups in total. The lowest BCUT2D eigenvalue weighted by Gasteiger charge is -2.27. The maximum absolute atomic E-state index is 11.9. The SMILES string of the molecule is C.CC(C)(C)OC(=O)N1CCC[C@@H]1C(=O)O.CCNC(=O)[C@H]1CCCN1.CCNC(=O)[C@H]1CCCN1C(=O)OC(C)(C)C.O=C(O)[C@H]1CCCN1. The highest BCUT2D eigenvalue weighted by Crippen LogP contribution is 2.22. The molecule has 0 aromatic rings. The van der Waals surface area contributed by atoms with Crippen LogP contribution in [0.25, 0.3) is 0 Å². The molecule has 51 heavy (non-hydrogen) atoms. The Morgan fingerprint density at radius 2 is 1.04 bits per heavy atom. The number of rotatable bonds is 6. The molecule has 4 amide bonds. The zero-order chi connectivity index (χ0) is 38.1. The summed E-state index contributed by atoms with van der Waals surface area (Å²) in [6.45, 7) is 18.8. The summed E-state index contributed by atoms with van der Waals surface area (Å²) in [6, 6.07) is -1.28. The highest BCUT2D eigenvalue weighted by Gasteiger charge is 2.37. The van der Waals surface area contributed by atoms with Crippen molar-refractivity contribution >= 4 is 35.9 Å². The van der Waals surface area contributed by atoms with E-state index in [-0.39, 0.29) is 37.4 Å². The van der Waals surface area contributed by atoms with Crippen LogP contribution in [0, 0.1) is 0 Å². The van der Waals surface area contributed by atoms with Gasteiger partial charge in [0.15, 0.2) is 0 Å². The second-order valence-corrected chi connectivity index (χ2v) is 14.4. The van der Waals surface area contributed by atoms with Crippen molar-refractivity contribution in [2.45, 2.75) is 150 Å². The van der Waals surface area contributed by atoms with E-state index in [0.29, 0.717) is 32.5 Å². The van der Waals surface area contributed by atoms with Crippen molar-refractivity contribution in [2.24, 2.45) is 0 Å². The second kappa shape index (κ2) is 23.0. The maximum Gasteiger partial charge on any atom is 0.411 e. The number of aliphatic carboxylic acids is 2.